The maximum absolute atomic E-state index is 9.61. The molecule has 1 heterocycles. The van der Waals surface area contributed by atoms with E-state index < -0.39 is 6.10 Å². The smallest absolute Gasteiger partial charge is 0.226 e. The van der Waals surface area contributed by atoms with Crippen LogP contribution >= 0.6 is 0 Å². The quantitative estimate of drug-likeness (QED) is 0.754. The summed E-state index contributed by atoms with van der Waals surface area (Å²) in [6, 6.07) is 14.2. The van der Waals surface area contributed by atoms with Gasteiger partial charge in [0.1, 0.15) is 11.5 Å². The third-order valence-electron chi connectivity index (χ3n) is 3.22. The lowest BCUT2D eigenvalue weighted by atomic mass is 10.1. The molecule has 0 aliphatic carbocycles. The molecule has 3 aromatic rings. The number of rotatable bonds is 2. The number of hydrogen-bond donors (Lipinski definition) is 1. The van der Waals surface area contributed by atoms with Gasteiger partial charge >= 0.3 is 0 Å². The lowest BCUT2D eigenvalue weighted by Crippen LogP contribution is -1.93. The lowest BCUT2D eigenvalue weighted by Gasteiger charge is -2.00. The molecule has 2 aromatic carbocycles. The van der Waals surface area contributed by atoms with Crippen LogP contribution in [0.4, 0.5) is 0 Å². The molecule has 0 radical (unpaired) electrons. The normalized spacial score (nSPS) is 12.8. The van der Waals surface area contributed by atoms with E-state index in [1.807, 2.05) is 37.3 Å². The van der Waals surface area contributed by atoms with Crippen molar-refractivity contribution in [3.63, 3.8) is 0 Å². The molecule has 3 rings (SSSR count). The number of fused-ring (bicyclic) bond motifs is 1. The van der Waals surface area contributed by atoms with Gasteiger partial charge in [0.15, 0.2) is 0 Å². The SMILES string of the molecule is Cc1oc(-c2ccc3ccccc3c2)nc1C(C)O. The maximum Gasteiger partial charge on any atom is 0.226 e. The molecule has 0 aliphatic rings. The van der Waals surface area contributed by atoms with Gasteiger partial charge in [-0.3, -0.25) is 0 Å². The fraction of sp³-hybridized carbons (Fsp3) is 0.188. The van der Waals surface area contributed by atoms with Gasteiger partial charge in [-0.2, -0.15) is 0 Å². The molecule has 0 saturated carbocycles. The summed E-state index contributed by atoms with van der Waals surface area (Å²) < 4.78 is 5.64. The van der Waals surface area contributed by atoms with Crippen LogP contribution in [0.15, 0.2) is 46.9 Å². The van der Waals surface area contributed by atoms with Crippen LogP contribution in [-0.4, -0.2) is 10.1 Å². The van der Waals surface area contributed by atoms with Crippen molar-refractivity contribution in [1.82, 2.24) is 4.98 Å². The van der Waals surface area contributed by atoms with E-state index in [1.54, 1.807) is 6.92 Å². The number of hydrogen-bond acceptors (Lipinski definition) is 3. The topological polar surface area (TPSA) is 46.3 Å². The van der Waals surface area contributed by atoms with E-state index in [1.165, 1.54) is 5.39 Å². The highest BCUT2D eigenvalue weighted by molar-refractivity contribution is 5.86. The van der Waals surface area contributed by atoms with E-state index in [4.69, 9.17) is 4.42 Å². The molecular weight excluding hydrogens is 238 g/mol. The van der Waals surface area contributed by atoms with E-state index in [0.29, 0.717) is 17.3 Å². The monoisotopic (exact) mass is 253 g/mol. The van der Waals surface area contributed by atoms with E-state index in [9.17, 15) is 5.11 Å². The summed E-state index contributed by atoms with van der Waals surface area (Å²) in [6.45, 7) is 3.51. The average molecular weight is 253 g/mol. The summed E-state index contributed by atoms with van der Waals surface area (Å²) in [7, 11) is 0. The fourth-order valence-corrected chi connectivity index (χ4v) is 2.24. The van der Waals surface area contributed by atoms with Gasteiger partial charge in [0.2, 0.25) is 5.89 Å². The summed E-state index contributed by atoms with van der Waals surface area (Å²) in [5, 5.41) is 11.9. The van der Waals surface area contributed by atoms with Crippen molar-refractivity contribution in [2.75, 3.05) is 0 Å². The molecule has 3 heteroatoms. The Morgan fingerprint density at radius 1 is 1.11 bits per heavy atom. The van der Waals surface area contributed by atoms with Crippen molar-refractivity contribution >= 4 is 10.8 Å². The zero-order valence-corrected chi connectivity index (χ0v) is 10.9. The van der Waals surface area contributed by atoms with Gasteiger partial charge < -0.3 is 9.52 Å². The number of aliphatic hydroxyl groups excluding tert-OH is 1. The molecule has 0 fully saturated rings. The van der Waals surface area contributed by atoms with E-state index in [0.717, 1.165) is 10.9 Å². The standard InChI is InChI=1S/C16H15NO2/c1-10(18)15-11(2)19-16(17-15)14-8-7-12-5-3-4-6-13(12)9-14/h3-10,18H,1-2H3. The second kappa shape index (κ2) is 4.52. The molecular formula is C16H15NO2. The van der Waals surface area contributed by atoms with Crippen LogP contribution in [-0.2, 0) is 0 Å². The number of aliphatic hydroxyl groups is 1. The van der Waals surface area contributed by atoms with Crippen molar-refractivity contribution in [3.8, 4) is 11.5 Å². The van der Waals surface area contributed by atoms with E-state index in [2.05, 4.69) is 17.1 Å². The fourth-order valence-electron chi connectivity index (χ4n) is 2.24. The molecule has 0 bridgehead atoms. The van der Waals surface area contributed by atoms with Crippen molar-refractivity contribution in [2.24, 2.45) is 0 Å². The van der Waals surface area contributed by atoms with Gasteiger partial charge in [-0.25, -0.2) is 4.98 Å². The number of aromatic nitrogens is 1. The Morgan fingerprint density at radius 3 is 2.53 bits per heavy atom. The minimum atomic E-state index is -0.613. The summed E-state index contributed by atoms with van der Waals surface area (Å²) in [6.07, 6.45) is -0.613. The largest absolute Gasteiger partial charge is 0.441 e. The van der Waals surface area contributed by atoms with E-state index >= 15 is 0 Å². The highest BCUT2D eigenvalue weighted by Gasteiger charge is 2.15. The first-order chi connectivity index (χ1) is 9.15. The van der Waals surface area contributed by atoms with Crippen LogP contribution in [0, 0.1) is 6.92 Å². The van der Waals surface area contributed by atoms with Crippen LogP contribution in [0.25, 0.3) is 22.2 Å². The summed E-state index contributed by atoms with van der Waals surface area (Å²) in [5.41, 5.74) is 1.52. The number of benzene rings is 2. The third kappa shape index (κ3) is 2.13. The molecule has 0 saturated heterocycles. The lowest BCUT2D eigenvalue weighted by molar-refractivity contribution is 0.193. The van der Waals surface area contributed by atoms with Crippen molar-refractivity contribution in [1.29, 1.82) is 0 Å². The van der Waals surface area contributed by atoms with Crippen LogP contribution in [0.2, 0.25) is 0 Å². The molecule has 96 valence electrons. The average Bonchev–Trinajstić information content (AvgIpc) is 2.80. The minimum absolute atomic E-state index is 0.555. The van der Waals surface area contributed by atoms with Gasteiger partial charge in [0.05, 0.1) is 6.10 Å². The molecule has 1 N–H and O–H groups in total. The molecule has 19 heavy (non-hydrogen) atoms. The van der Waals surface area contributed by atoms with Gasteiger partial charge in [0, 0.05) is 5.56 Å². The first-order valence-electron chi connectivity index (χ1n) is 6.30. The Labute approximate surface area is 111 Å². The summed E-state index contributed by atoms with van der Waals surface area (Å²) >= 11 is 0. The molecule has 1 unspecified atom stereocenters. The van der Waals surface area contributed by atoms with Gasteiger partial charge in [-0.05, 0) is 36.8 Å². The summed E-state index contributed by atoms with van der Waals surface area (Å²) in [4.78, 5) is 4.37. The van der Waals surface area contributed by atoms with Crippen LogP contribution in [0.5, 0.6) is 0 Å². The summed E-state index contributed by atoms with van der Waals surface area (Å²) in [5.74, 6) is 1.22. The Bertz CT molecular complexity index is 728. The van der Waals surface area contributed by atoms with Gasteiger partial charge in [-0.1, -0.05) is 30.3 Å². The molecule has 0 amide bonds. The van der Waals surface area contributed by atoms with Crippen molar-refractivity contribution < 1.29 is 9.52 Å². The maximum atomic E-state index is 9.61. The van der Waals surface area contributed by atoms with Crippen LogP contribution < -0.4 is 0 Å². The first-order valence-corrected chi connectivity index (χ1v) is 6.30. The third-order valence-corrected chi connectivity index (χ3v) is 3.22. The van der Waals surface area contributed by atoms with Gasteiger partial charge in [-0.15, -0.1) is 0 Å². The molecule has 0 spiro atoms. The zero-order chi connectivity index (χ0) is 13.4. The van der Waals surface area contributed by atoms with Crippen LogP contribution in [0.3, 0.4) is 0 Å². The Balaban J connectivity index is 2.11. The van der Waals surface area contributed by atoms with Crippen molar-refractivity contribution in [2.45, 2.75) is 20.0 Å². The molecule has 3 nitrogen and oxygen atoms in total. The predicted octanol–water partition coefficient (Wildman–Crippen LogP) is 3.86. The highest BCUT2D eigenvalue weighted by atomic mass is 16.4. The second-order valence-corrected chi connectivity index (χ2v) is 4.70. The van der Waals surface area contributed by atoms with Crippen LogP contribution in [0.1, 0.15) is 24.5 Å². The molecule has 1 atom stereocenters. The number of aryl methyl sites for hydroxylation is 1. The second-order valence-electron chi connectivity index (χ2n) is 4.70. The number of nitrogens with zero attached hydrogens (tertiary/aromatic N) is 1. The predicted molar refractivity (Wildman–Crippen MR) is 74.8 cm³/mol. The molecule has 0 aliphatic heterocycles. The first kappa shape index (κ1) is 11.9. The number of oxazole rings is 1. The Kier molecular flexibility index (Phi) is 2.84. The van der Waals surface area contributed by atoms with Gasteiger partial charge in [0.25, 0.3) is 0 Å². The zero-order valence-electron chi connectivity index (χ0n) is 10.9. The Hall–Kier alpha value is -2.13. The highest BCUT2D eigenvalue weighted by Crippen LogP contribution is 2.27. The van der Waals surface area contributed by atoms with Crippen molar-refractivity contribution in [3.05, 3.63) is 53.9 Å². The minimum Gasteiger partial charge on any atom is -0.441 e. The Morgan fingerprint density at radius 2 is 1.84 bits per heavy atom. The van der Waals surface area contributed by atoms with E-state index in [-0.39, 0.29) is 0 Å². The molecule has 1 aromatic heterocycles.